The molecule has 0 spiro atoms. The average Bonchev–Trinajstić information content (AvgIpc) is 2.88. The van der Waals surface area contributed by atoms with Gasteiger partial charge in [-0.2, -0.15) is 0 Å². The first-order chi connectivity index (χ1) is 9.15. The summed E-state index contributed by atoms with van der Waals surface area (Å²) in [4.78, 5) is 0. The molecule has 2 N–H and O–H groups in total. The van der Waals surface area contributed by atoms with Crippen LogP contribution in [0.25, 0.3) is 11.4 Å². The number of benzene rings is 1. The molecule has 0 bridgehead atoms. The van der Waals surface area contributed by atoms with Gasteiger partial charge in [0.15, 0.2) is 5.82 Å². The Labute approximate surface area is 116 Å². The van der Waals surface area contributed by atoms with Crippen molar-refractivity contribution in [2.75, 3.05) is 18.9 Å². The SMILES string of the molecule is CCOCC(C)n1nnnc1-c1cccc(N)c1Cl. The zero-order valence-electron chi connectivity index (χ0n) is 10.9. The van der Waals surface area contributed by atoms with Gasteiger partial charge in [-0.15, -0.1) is 5.10 Å². The quantitative estimate of drug-likeness (QED) is 0.850. The number of hydrogen-bond donors (Lipinski definition) is 1. The van der Waals surface area contributed by atoms with Crippen LogP contribution >= 0.6 is 11.6 Å². The van der Waals surface area contributed by atoms with Crippen LogP contribution in [0.3, 0.4) is 0 Å². The molecule has 1 heterocycles. The number of nitrogens with two attached hydrogens (primary N) is 1. The second-order valence-electron chi connectivity index (χ2n) is 4.16. The molecule has 102 valence electrons. The molecule has 19 heavy (non-hydrogen) atoms. The monoisotopic (exact) mass is 281 g/mol. The van der Waals surface area contributed by atoms with Gasteiger partial charge in [-0.05, 0) is 36.4 Å². The van der Waals surface area contributed by atoms with Gasteiger partial charge in [-0.25, -0.2) is 4.68 Å². The molecule has 1 aromatic carbocycles. The second kappa shape index (κ2) is 5.99. The normalized spacial score (nSPS) is 12.6. The molecule has 1 unspecified atom stereocenters. The average molecular weight is 282 g/mol. The predicted octanol–water partition coefficient (Wildman–Crippen LogP) is 2.17. The van der Waals surface area contributed by atoms with Gasteiger partial charge in [0.05, 0.1) is 23.4 Å². The molecular formula is C12H16ClN5O. The molecule has 0 radical (unpaired) electrons. The van der Waals surface area contributed by atoms with Gasteiger partial charge in [0.1, 0.15) is 0 Å². The summed E-state index contributed by atoms with van der Waals surface area (Å²) in [7, 11) is 0. The minimum atomic E-state index is 0.0162. The number of anilines is 1. The molecule has 0 aliphatic rings. The first-order valence-corrected chi connectivity index (χ1v) is 6.43. The Morgan fingerprint density at radius 3 is 3.00 bits per heavy atom. The van der Waals surface area contributed by atoms with Crippen LogP contribution in [0, 0.1) is 0 Å². The maximum absolute atomic E-state index is 6.20. The maximum atomic E-state index is 6.20. The molecule has 0 aliphatic heterocycles. The fourth-order valence-electron chi connectivity index (χ4n) is 1.75. The van der Waals surface area contributed by atoms with Gasteiger partial charge in [-0.3, -0.25) is 0 Å². The Bertz CT molecular complexity index is 557. The summed E-state index contributed by atoms with van der Waals surface area (Å²) in [6.07, 6.45) is 0. The number of tetrazole rings is 1. The van der Waals surface area contributed by atoms with Gasteiger partial charge in [0.2, 0.25) is 0 Å². The third kappa shape index (κ3) is 2.85. The van der Waals surface area contributed by atoms with E-state index in [1.807, 2.05) is 26.0 Å². The van der Waals surface area contributed by atoms with Crippen molar-refractivity contribution in [3.8, 4) is 11.4 Å². The highest BCUT2D eigenvalue weighted by Gasteiger charge is 2.17. The van der Waals surface area contributed by atoms with Crippen LogP contribution in [0.4, 0.5) is 5.69 Å². The number of rotatable bonds is 5. The second-order valence-corrected chi connectivity index (χ2v) is 4.54. The summed E-state index contributed by atoms with van der Waals surface area (Å²) >= 11 is 6.20. The van der Waals surface area contributed by atoms with Crippen molar-refractivity contribution in [1.82, 2.24) is 20.2 Å². The Morgan fingerprint density at radius 1 is 1.47 bits per heavy atom. The molecule has 1 atom stereocenters. The van der Waals surface area contributed by atoms with E-state index in [1.54, 1.807) is 10.7 Å². The molecule has 0 fully saturated rings. The summed E-state index contributed by atoms with van der Waals surface area (Å²) in [6.45, 7) is 5.12. The van der Waals surface area contributed by atoms with E-state index in [2.05, 4.69) is 15.5 Å². The fraction of sp³-hybridized carbons (Fsp3) is 0.417. The summed E-state index contributed by atoms with van der Waals surface area (Å²) in [5.41, 5.74) is 7.02. The molecule has 0 aliphatic carbocycles. The van der Waals surface area contributed by atoms with E-state index < -0.39 is 0 Å². The van der Waals surface area contributed by atoms with Crippen molar-refractivity contribution in [2.24, 2.45) is 0 Å². The summed E-state index contributed by atoms with van der Waals surface area (Å²) in [6, 6.07) is 5.42. The number of ether oxygens (including phenoxy) is 1. The molecule has 1 aromatic heterocycles. The minimum Gasteiger partial charge on any atom is -0.398 e. The van der Waals surface area contributed by atoms with Crippen molar-refractivity contribution < 1.29 is 4.74 Å². The topological polar surface area (TPSA) is 78.8 Å². The maximum Gasteiger partial charge on any atom is 0.183 e. The van der Waals surface area contributed by atoms with Crippen molar-refractivity contribution in [2.45, 2.75) is 19.9 Å². The zero-order valence-corrected chi connectivity index (χ0v) is 11.6. The van der Waals surface area contributed by atoms with Gasteiger partial charge < -0.3 is 10.5 Å². The third-order valence-corrected chi connectivity index (χ3v) is 3.16. The third-order valence-electron chi connectivity index (χ3n) is 2.74. The number of nitrogens with zero attached hydrogens (tertiary/aromatic N) is 4. The van der Waals surface area contributed by atoms with Crippen LogP contribution in [-0.4, -0.2) is 33.4 Å². The predicted molar refractivity (Wildman–Crippen MR) is 73.9 cm³/mol. The van der Waals surface area contributed by atoms with E-state index in [0.29, 0.717) is 29.7 Å². The Kier molecular flexibility index (Phi) is 4.34. The lowest BCUT2D eigenvalue weighted by molar-refractivity contribution is 0.115. The van der Waals surface area contributed by atoms with Crippen LogP contribution in [-0.2, 0) is 4.74 Å². The van der Waals surface area contributed by atoms with Gasteiger partial charge in [0.25, 0.3) is 0 Å². The molecule has 7 heteroatoms. The summed E-state index contributed by atoms with van der Waals surface area (Å²) in [5, 5.41) is 12.2. The van der Waals surface area contributed by atoms with E-state index in [9.17, 15) is 0 Å². The molecule has 2 rings (SSSR count). The largest absolute Gasteiger partial charge is 0.398 e. The molecule has 0 saturated carbocycles. The van der Waals surface area contributed by atoms with E-state index in [1.165, 1.54) is 0 Å². The van der Waals surface area contributed by atoms with Crippen LogP contribution in [0.15, 0.2) is 18.2 Å². The number of halogens is 1. The molecule has 0 amide bonds. The van der Waals surface area contributed by atoms with E-state index in [-0.39, 0.29) is 6.04 Å². The van der Waals surface area contributed by atoms with Gasteiger partial charge >= 0.3 is 0 Å². The molecular weight excluding hydrogens is 266 g/mol. The van der Waals surface area contributed by atoms with Crippen molar-refractivity contribution >= 4 is 17.3 Å². The van der Waals surface area contributed by atoms with Crippen LogP contribution in [0.1, 0.15) is 19.9 Å². The lowest BCUT2D eigenvalue weighted by Crippen LogP contribution is -2.15. The van der Waals surface area contributed by atoms with Crippen LogP contribution < -0.4 is 5.73 Å². The van der Waals surface area contributed by atoms with Gasteiger partial charge in [-0.1, -0.05) is 17.7 Å². The van der Waals surface area contributed by atoms with Crippen molar-refractivity contribution in [1.29, 1.82) is 0 Å². The van der Waals surface area contributed by atoms with E-state index in [0.717, 1.165) is 5.56 Å². The van der Waals surface area contributed by atoms with E-state index in [4.69, 9.17) is 22.1 Å². The standard InChI is InChI=1S/C12H16ClN5O/c1-3-19-7-8(2)18-12(15-16-17-18)9-5-4-6-10(14)11(9)13/h4-6,8H,3,7,14H2,1-2H3. The fourth-order valence-corrected chi connectivity index (χ4v) is 1.96. The summed E-state index contributed by atoms with van der Waals surface area (Å²) < 4.78 is 7.08. The lowest BCUT2D eigenvalue weighted by Gasteiger charge is -2.14. The summed E-state index contributed by atoms with van der Waals surface area (Å²) in [5.74, 6) is 0.588. The Hall–Kier alpha value is -1.66. The van der Waals surface area contributed by atoms with Crippen LogP contribution in [0.5, 0.6) is 0 Å². The smallest absolute Gasteiger partial charge is 0.183 e. The highest BCUT2D eigenvalue weighted by Crippen LogP contribution is 2.31. The lowest BCUT2D eigenvalue weighted by atomic mass is 10.2. The first kappa shape index (κ1) is 13.8. The zero-order chi connectivity index (χ0) is 13.8. The minimum absolute atomic E-state index is 0.0162. The Balaban J connectivity index is 2.36. The first-order valence-electron chi connectivity index (χ1n) is 6.05. The highest BCUT2D eigenvalue weighted by molar-refractivity contribution is 6.35. The van der Waals surface area contributed by atoms with Crippen molar-refractivity contribution in [3.05, 3.63) is 23.2 Å². The number of nitrogen functional groups attached to an aromatic ring is 1. The molecule has 0 saturated heterocycles. The Morgan fingerprint density at radius 2 is 2.26 bits per heavy atom. The number of hydrogen-bond acceptors (Lipinski definition) is 5. The number of aromatic nitrogens is 4. The van der Waals surface area contributed by atoms with Crippen LogP contribution in [0.2, 0.25) is 5.02 Å². The molecule has 6 nitrogen and oxygen atoms in total. The molecule has 2 aromatic rings. The van der Waals surface area contributed by atoms with E-state index >= 15 is 0 Å². The highest BCUT2D eigenvalue weighted by atomic mass is 35.5. The van der Waals surface area contributed by atoms with Crippen molar-refractivity contribution in [3.63, 3.8) is 0 Å². The van der Waals surface area contributed by atoms with Gasteiger partial charge in [0, 0.05) is 12.2 Å².